The number of nitrogen functional groups attached to an aromatic ring is 1. The van der Waals surface area contributed by atoms with Crippen LogP contribution in [0.4, 0.5) is 11.5 Å². The molecule has 0 radical (unpaired) electrons. The Kier molecular flexibility index (Phi) is 4.67. The predicted octanol–water partition coefficient (Wildman–Crippen LogP) is 2.12. The van der Waals surface area contributed by atoms with Gasteiger partial charge in [0.05, 0.1) is 16.8 Å². The molecule has 30 heavy (non-hydrogen) atoms. The number of pyridine rings is 1. The van der Waals surface area contributed by atoms with Gasteiger partial charge in [0, 0.05) is 17.3 Å². The highest BCUT2D eigenvalue weighted by Crippen LogP contribution is 2.23. The lowest BCUT2D eigenvalue weighted by Gasteiger charge is -2.13. The van der Waals surface area contributed by atoms with Crippen LogP contribution < -0.4 is 21.9 Å². The Labute approximate surface area is 171 Å². The van der Waals surface area contributed by atoms with Gasteiger partial charge >= 0.3 is 0 Å². The third-order valence-electron chi connectivity index (χ3n) is 4.99. The van der Waals surface area contributed by atoms with Gasteiger partial charge in [0.1, 0.15) is 5.82 Å². The number of carbonyl (C=O) groups is 3. The van der Waals surface area contributed by atoms with Gasteiger partial charge in [0.2, 0.25) is 0 Å². The van der Waals surface area contributed by atoms with Crippen LogP contribution in [0.15, 0.2) is 59.4 Å². The van der Waals surface area contributed by atoms with Gasteiger partial charge in [0.15, 0.2) is 0 Å². The summed E-state index contributed by atoms with van der Waals surface area (Å²) in [7, 11) is 0. The molecule has 0 aliphatic carbocycles. The van der Waals surface area contributed by atoms with Crippen LogP contribution in [-0.4, -0.2) is 22.3 Å². The molecular weight excluding hydrogens is 384 g/mol. The Hall–Kier alpha value is -4.20. The first-order valence-corrected chi connectivity index (χ1v) is 9.31. The lowest BCUT2D eigenvalue weighted by atomic mass is 10.1. The Balaban J connectivity index is 1.66. The molecule has 1 aromatic heterocycles. The first-order valence-electron chi connectivity index (χ1n) is 9.31. The SMILES string of the molecule is CCc1ccccc1NC(=O)c1ccc(-n2c(N)c3c(cc2=O)C(=O)NC3=O)cc1. The summed E-state index contributed by atoms with van der Waals surface area (Å²) in [5.41, 5.74) is 7.93. The van der Waals surface area contributed by atoms with Crippen LogP contribution in [0.1, 0.15) is 43.6 Å². The number of hydrogen-bond acceptors (Lipinski definition) is 5. The molecule has 4 rings (SSSR count). The fourth-order valence-corrected chi connectivity index (χ4v) is 3.45. The van der Waals surface area contributed by atoms with E-state index in [0.717, 1.165) is 28.3 Å². The molecule has 150 valence electrons. The molecule has 0 unspecified atom stereocenters. The van der Waals surface area contributed by atoms with Crippen molar-refractivity contribution in [2.75, 3.05) is 11.1 Å². The molecule has 1 aliphatic heterocycles. The maximum absolute atomic E-state index is 12.6. The molecule has 0 bridgehead atoms. The number of anilines is 2. The van der Waals surface area contributed by atoms with Gasteiger partial charge in [-0.25, -0.2) is 0 Å². The van der Waals surface area contributed by atoms with Crippen LogP contribution >= 0.6 is 0 Å². The van der Waals surface area contributed by atoms with E-state index in [-0.39, 0.29) is 22.9 Å². The molecule has 2 heterocycles. The van der Waals surface area contributed by atoms with E-state index in [1.807, 2.05) is 31.2 Å². The number of aromatic nitrogens is 1. The molecule has 0 fully saturated rings. The van der Waals surface area contributed by atoms with Crippen molar-refractivity contribution in [1.82, 2.24) is 9.88 Å². The average molecular weight is 402 g/mol. The van der Waals surface area contributed by atoms with Crippen LogP contribution in [0, 0.1) is 0 Å². The van der Waals surface area contributed by atoms with E-state index in [1.54, 1.807) is 24.3 Å². The number of imide groups is 1. The summed E-state index contributed by atoms with van der Waals surface area (Å²) in [6.45, 7) is 2.01. The highest BCUT2D eigenvalue weighted by Gasteiger charge is 2.31. The van der Waals surface area contributed by atoms with Gasteiger partial charge in [-0.1, -0.05) is 25.1 Å². The van der Waals surface area contributed by atoms with Gasteiger partial charge in [-0.2, -0.15) is 0 Å². The van der Waals surface area contributed by atoms with Crippen molar-refractivity contribution < 1.29 is 14.4 Å². The second kappa shape index (κ2) is 7.32. The van der Waals surface area contributed by atoms with Crippen molar-refractivity contribution in [3.05, 3.63) is 87.2 Å². The Morgan fingerprint density at radius 3 is 2.43 bits per heavy atom. The number of benzene rings is 2. The Bertz CT molecular complexity index is 1260. The van der Waals surface area contributed by atoms with Crippen molar-refractivity contribution in [2.45, 2.75) is 13.3 Å². The number of amides is 3. The molecule has 0 saturated heterocycles. The summed E-state index contributed by atoms with van der Waals surface area (Å²) in [4.78, 5) is 48.8. The number of nitrogens with two attached hydrogens (primary N) is 1. The number of hydrogen-bond donors (Lipinski definition) is 3. The standard InChI is InChI=1S/C22H18N4O4/c1-2-12-5-3-4-6-16(12)24-20(28)13-7-9-14(10-8-13)26-17(27)11-15-18(19(26)23)22(30)25-21(15)29/h3-11H,2,23H2,1H3,(H,24,28)(H,25,29,30). The smallest absolute Gasteiger partial charge is 0.262 e. The minimum atomic E-state index is -0.648. The molecule has 0 atom stereocenters. The minimum absolute atomic E-state index is 0.0300. The maximum Gasteiger partial charge on any atom is 0.262 e. The summed E-state index contributed by atoms with van der Waals surface area (Å²) in [5, 5.41) is 5.00. The number of carbonyl (C=O) groups excluding carboxylic acids is 3. The lowest BCUT2D eigenvalue weighted by molar-refractivity contribution is 0.0879. The fourth-order valence-electron chi connectivity index (χ4n) is 3.45. The van der Waals surface area contributed by atoms with Crippen LogP contribution in [0.25, 0.3) is 5.69 Å². The molecular formula is C22H18N4O4. The zero-order valence-corrected chi connectivity index (χ0v) is 16.1. The molecule has 8 heteroatoms. The Morgan fingerprint density at radius 1 is 1.03 bits per heavy atom. The number of nitrogens with one attached hydrogen (secondary N) is 2. The fraction of sp³-hybridized carbons (Fsp3) is 0.0909. The second-order valence-corrected chi connectivity index (χ2v) is 6.79. The quantitative estimate of drug-likeness (QED) is 0.577. The summed E-state index contributed by atoms with van der Waals surface area (Å²) in [6, 6.07) is 14.9. The number of para-hydroxylation sites is 1. The molecule has 3 aromatic rings. The van der Waals surface area contributed by atoms with Gasteiger partial charge in [-0.05, 0) is 42.3 Å². The highest BCUT2D eigenvalue weighted by atomic mass is 16.2. The van der Waals surface area contributed by atoms with Crippen molar-refractivity contribution >= 4 is 29.2 Å². The summed E-state index contributed by atoms with van der Waals surface area (Å²) >= 11 is 0. The van der Waals surface area contributed by atoms with E-state index in [1.165, 1.54) is 0 Å². The van der Waals surface area contributed by atoms with Gasteiger partial charge in [0.25, 0.3) is 23.3 Å². The van der Waals surface area contributed by atoms with Crippen molar-refractivity contribution in [1.29, 1.82) is 0 Å². The van der Waals surface area contributed by atoms with Crippen LogP contribution in [0.3, 0.4) is 0 Å². The molecule has 0 saturated carbocycles. The molecule has 1 aliphatic rings. The van der Waals surface area contributed by atoms with Gasteiger partial charge < -0.3 is 11.1 Å². The van der Waals surface area contributed by atoms with Crippen LogP contribution in [0.2, 0.25) is 0 Å². The zero-order valence-electron chi connectivity index (χ0n) is 16.1. The van der Waals surface area contributed by atoms with E-state index < -0.39 is 17.4 Å². The maximum atomic E-state index is 12.6. The first kappa shape index (κ1) is 19.1. The summed E-state index contributed by atoms with van der Waals surface area (Å²) in [6.07, 6.45) is 0.784. The number of nitrogens with zero attached hydrogens (tertiary/aromatic N) is 1. The molecule has 3 amide bonds. The molecule has 8 nitrogen and oxygen atoms in total. The van der Waals surface area contributed by atoms with Crippen molar-refractivity contribution in [2.24, 2.45) is 0 Å². The summed E-state index contributed by atoms with van der Waals surface area (Å²) in [5.74, 6) is -1.71. The van der Waals surface area contributed by atoms with Gasteiger partial charge in [-0.3, -0.25) is 29.1 Å². The summed E-state index contributed by atoms with van der Waals surface area (Å²) < 4.78 is 1.13. The van der Waals surface area contributed by atoms with Crippen molar-refractivity contribution in [3.63, 3.8) is 0 Å². The van der Waals surface area contributed by atoms with E-state index in [9.17, 15) is 19.2 Å². The van der Waals surface area contributed by atoms with E-state index in [0.29, 0.717) is 11.3 Å². The first-order chi connectivity index (χ1) is 14.4. The highest BCUT2D eigenvalue weighted by molar-refractivity contribution is 6.23. The molecule has 2 aromatic carbocycles. The Morgan fingerprint density at radius 2 is 1.73 bits per heavy atom. The van der Waals surface area contributed by atoms with Crippen LogP contribution in [0.5, 0.6) is 0 Å². The predicted molar refractivity (Wildman–Crippen MR) is 112 cm³/mol. The monoisotopic (exact) mass is 402 g/mol. The van der Waals surface area contributed by atoms with Gasteiger partial charge in [-0.15, -0.1) is 0 Å². The largest absolute Gasteiger partial charge is 0.384 e. The third kappa shape index (κ3) is 3.14. The van der Waals surface area contributed by atoms with E-state index >= 15 is 0 Å². The zero-order chi connectivity index (χ0) is 21.4. The molecule has 0 spiro atoms. The second-order valence-electron chi connectivity index (χ2n) is 6.79. The lowest BCUT2D eigenvalue weighted by Crippen LogP contribution is -2.24. The number of aryl methyl sites for hydroxylation is 1. The van der Waals surface area contributed by atoms with E-state index in [2.05, 4.69) is 10.6 Å². The van der Waals surface area contributed by atoms with E-state index in [4.69, 9.17) is 5.73 Å². The third-order valence-corrected chi connectivity index (χ3v) is 4.99. The number of fused-ring (bicyclic) bond motifs is 1. The number of rotatable bonds is 4. The van der Waals surface area contributed by atoms with Crippen molar-refractivity contribution in [3.8, 4) is 5.69 Å². The topological polar surface area (TPSA) is 123 Å². The van der Waals surface area contributed by atoms with Crippen LogP contribution in [-0.2, 0) is 6.42 Å². The average Bonchev–Trinajstić information content (AvgIpc) is 3.02. The minimum Gasteiger partial charge on any atom is -0.384 e. The molecule has 4 N–H and O–H groups in total. The normalized spacial score (nSPS) is 12.4.